The molecule has 2 aromatic rings. The molecule has 2 rings (SSSR count). The van der Waals surface area contributed by atoms with Crippen molar-refractivity contribution in [2.75, 3.05) is 20.8 Å². The number of nitrogens with zero attached hydrogens (tertiary/aromatic N) is 2. The normalized spacial score (nSPS) is 12.4. The Kier molecular flexibility index (Phi) is 5.47. The van der Waals surface area contributed by atoms with E-state index in [9.17, 15) is 5.11 Å². The molecular weight excluding hydrogens is 315 g/mol. The maximum absolute atomic E-state index is 10.7. The summed E-state index contributed by atoms with van der Waals surface area (Å²) in [4.78, 5) is 0. The Morgan fingerprint density at radius 3 is 2.76 bits per heavy atom. The molecule has 1 aromatic heterocycles. The monoisotopic (exact) mass is 330 g/mol. The van der Waals surface area contributed by atoms with Gasteiger partial charge in [-0.3, -0.25) is 4.68 Å². The van der Waals surface area contributed by atoms with E-state index >= 15 is 0 Å². The fourth-order valence-corrected chi connectivity index (χ4v) is 2.49. The van der Waals surface area contributed by atoms with Crippen LogP contribution in [0.5, 0.6) is 5.75 Å². The van der Waals surface area contributed by atoms with Gasteiger partial charge in [-0.25, -0.2) is 0 Å². The third-order valence-corrected chi connectivity index (χ3v) is 3.61. The molecule has 1 N–H and O–H groups in total. The second-order valence-corrected chi connectivity index (χ2v) is 5.23. The first kappa shape index (κ1) is 16.1. The molecule has 1 unspecified atom stereocenters. The number of ether oxygens (including phenoxy) is 2. The summed E-state index contributed by atoms with van der Waals surface area (Å²) in [6, 6.07) is 5.04. The quantitative estimate of drug-likeness (QED) is 0.884. The molecule has 1 heterocycles. The van der Waals surface area contributed by atoms with Crippen molar-refractivity contribution in [2.45, 2.75) is 12.6 Å². The number of hydrogen-bond donors (Lipinski definition) is 1. The van der Waals surface area contributed by atoms with Crippen LogP contribution in [0.3, 0.4) is 0 Å². The van der Waals surface area contributed by atoms with Crippen LogP contribution in [-0.4, -0.2) is 35.7 Å². The molecule has 0 saturated heterocycles. The van der Waals surface area contributed by atoms with E-state index in [0.29, 0.717) is 40.2 Å². The first-order chi connectivity index (χ1) is 10.1. The van der Waals surface area contributed by atoms with Gasteiger partial charge >= 0.3 is 0 Å². The van der Waals surface area contributed by atoms with Crippen molar-refractivity contribution in [2.24, 2.45) is 0 Å². The van der Waals surface area contributed by atoms with Gasteiger partial charge in [0.25, 0.3) is 0 Å². The fraction of sp³-hybridized carbons (Fsp3) is 0.357. The number of methoxy groups -OCH3 is 2. The number of rotatable bonds is 6. The largest absolute Gasteiger partial charge is 0.496 e. The summed E-state index contributed by atoms with van der Waals surface area (Å²) in [5.41, 5.74) is 1.01. The number of aliphatic hydroxyl groups excluding tert-OH is 1. The van der Waals surface area contributed by atoms with Gasteiger partial charge in [0, 0.05) is 17.7 Å². The van der Waals surface area contributed by atoms with Crippen LogP contribution in [0.2, 0.25) is 10.0 Å². The smallest absolute Gasteiger partial charge is 0.126 e. The van der Waals surface area contributed by atoms with Gasteiger partial charge in [0.1, 0.15) is 11.9 Å². The number of halogens is 2. The Morgan fingerprint density at radius 2 is 2.10 bits per heavy atom. The second-order valence-electron chi connectivity index (χ2n) is 4.38. The number of aliphatic hydroxyl groups is 1. The van der Waals surface area contributed by atoms with Crippen LogP contribution >= 0.6 is 23.2 Å². The van der Waals surface area contributed by atoms with Crippen molar-refractivity contribution in [3.63, 3.8) is 0 Å². The van der Waals surface area contributed by atoms with Gasteiger partial charge in [0.15, 0.2) is 0 Å². The third-order valence-electron chi connectivity index (χ3n) is 3.09. The van der Waals surface area contributed by atoms with Crippen LogP contribution in [0.1, 0.15) is 17.4 Å². The predicted molar refractivity (Wildman–Crippen MR) is 81.2 cm³/mol. The Bertz CT molecular complexity index is 616. The molecule has 1 atom stereocenters. The molecule has 0 aliphatic carbocycles. The Labute approximate surface area is 133 Å². The predicted octanol–water partition coefficient (Wildman–Crippen LogP) is 2.93. The Balaban J connectivity index is 2.42. The van der Waals surface area contributed by atoms with E-state index < -0.39 is 6.10 Å². The summed E-state index contributed by atoms with van der Waals surface area (Å²) in [6.45, 7) is 0.947. The molecule has 0 amide bonds. The highest BCUT2D eigenvalue weighted by Gasteiger charge is 2.23. The number of aromatic nitrogens is 2. The zero-order chi connectivity index (χ0) is 15.4. The van der Waals surface area contributed by atoms with Gasteiger partial charge in [-0.05, 0) is 18.2 Å². The lowest BCUT2D eigenvalue weighted by Crippen LogP contribution is -2.14. The Morgan fingerprint density at radius 1 is 1.33 bits per heavy atom. The molecule has 1 aromatic carbocycles. The third kappa shape index (κ3) is 3.49. The average Bonchev–Trinajstić information content (AvgIpc) is 2.85. The minimum absolute atomic E-state index is 0.376. The number of hydrogen-bond acceptors (Lipinski definition) is 4. The molecule has 0 aliphatic rings. The first-order valence-corrected chi connectivity index (χ1v) is 7.05. The van der Waals surface area contributed by atoms with E-state index in [-0.39, 0.29) is 0 Å². The van der Waals surface area contributed by atoms with Crippen LogP contribution in [0, 0.1) is 0 Å². The maximum atomic E-state index is 10.7. The van der Waals surface area contributed by atoms with E-state index in [2.05, 4.69) is 5.10 Å². The van der Waals surface area contributed by atoms with Crippen molar-refractivity contribution in [3.05, 3.63) is 45.7 Å². The van der Waals surface area contributed by atoms with E-state index in [4.69, 9.17) is 32.7 Å². The van der Waals surface area contributed by atoms with Crippen molar-refractivity contribution < 1.29 is 14.6 Å². The van der Waals surface area contributed by atoms with Gasteiger partial charge in [-0.2, -0.15) is 5.10 Å². The van der Waals surface area contributed by atoms with Crippen molar-refractivity contribution in [1.82, 2.24) is 9.78 Å². The van der Waals surface area contributed by atoms with Crippen LogP contribution in [-0.2, 0) is 11.3 Å². The molecule has 0 spiro atoms. The van der Waals surface area contributed by atoms with Crippen LogP contribution in [0.25, 0.3) is 0 Å². The minimum atomic E-state index is -0.995. The summed E-state index contributed by atoms with van der Waals surface area (Å²) < 4.78 is 11.9. The van der Waals surface area contributed by atoms with Gasteiger partial charge in [-0.1, -0.05) is 23.2 Å². The van der Waals surface area contributed by atoms with Gasteiger partial charge in [0.2, 0.25) is 0 Å². The molecule has 0 radical (unpaired) electrons. The van der Waals surface area contributed by atoms with Crippen LogP contribution < -0.4 is 4.74 Å². The summed E-state index contributed by atoms with van der Waals surface area (Å²) in [7, 11) is 3.13. The molecule has 0 bridgehead atoms. The molecule has 0 fully saturated rings. The lowest BCUT2D eigenvalue weighted by Gasteiger charge is -2.17. The van der Waals surface area contributed by atoms with Crippen molar-refractivity contribution in [1.29, 1.82) is 0 Å². The highest BCUT2D eigenvalue weighted by Crippen LogP contribution is 2.35. The molecule has 7 heteroatoms. The molecule has 0 aliphatic heterocycles. The van der Waals surface area contributed by atoms with Crippen LogP contribution in [0.4, 0.5) is 0 Å². The minimum Gasteiger partial charge on any atom is -0.496 e. The Hall–Kier alpha value is -1.27. The average molecular weight is 331 g/mol. The molecule has 5 nitrogen and oxygen atoms in total. The highest BCUT2D eigenvalue weighted by molar-refractivity contribution is 6.31. The fourth-order valence-electron chi connectivity index (χ4n) is 2.07. The number of benzene rings is 1. The summed E-state index contributed by atoms with van der Waals surface area (Å²) >= 11 is 12.1. The van der Waals surface area contributed by atoms with Crippen LogP contribution in [0.15, 0.2) is 24.4 Å². The standard InChI is InChI=1S/C14H16Cl2N2O3/c1-20-6-5-18-13(11(16)8-17-18)14(19)10-7-9(15)3-4-12(10)21-2/h3-4,7-8,14,19H,5-6H2,1-2H3. The molecule has 114 valence electrons. The highest BCUT2D eigenvalue weighted by atomic mass is 35.5. The lowest BCUT2D eigenvalue weighted by atomic mass is 10.1. The molecule has 0 saturated carbocycles. The summed E-state index contributed by atoms with van der Waals surface area (Å²) in [5.74, 6) is 0.530. The second kappa shape index (κ2) is 7.13. The summed E-state index contributed by atoms with van der Waals surface area (Å²) in [5, 5.41) is 15.7. The van der Waals surface area contributed by atoms with Crippen molar-refractivity contribution in [3.8, 4) is 5.75 Å². The lowest BCUT2D eigenvalue weighted by molar-refractivity contribution is 0.170. The summed E-state index contributed by atoms with van der Waals surface area (Å²) in [6.07, 6.45) is 0.498. The first-order valence-electron chi connectivity index (χ1n) is 6.30. The van der Waals surface area contributed by atoms with E-state index in [0.717, 1.165) is 0 Å². The van der Waals surface area contributed by atoms with E-state index in [1.54, 1.807) is 30.0 Å². The maximum Gasteiger partial charge on any atom is 0.126 e. The van der Waals surface area contributed by atoms with Crippen molar-refractivity contribution >= 4 is 23.2 Å². The molecular formula is C14H16Cl2N2O3. The van der Waals surface area contributed by atoms with E-state index in [1.165, 1.54) is 13.3 Å². The SMILES string of the molecule is COCCn1ncc(Cl)c1C(O)c1cc(Cl)ccc1OC. The zero-order valence-corrected chi connectivity index (χ0v) is 13.2. The van der Waals surface area contributed by atoms with Gasteiger partial charge < -0.3 is 14.6 Å². The molecule has 21 heavy (non-hydrogen) atoms. The van der Waals surface area contributed by atoms with E-state index in [1.807, 2.05) is 0 Å². The zero-order valence-electron chi connectivity index (χ0n) is 11.7. The topological polar surface area (TPSA) is 56.5 Å². The van der Waals surface area contributed by atoms with Gasteiger partial charge in [-0.15, -0.1) is 0 Å². The van der Waals surface area contributed by atoms with Gasteiger partial charge in [0.05, 0.1) is 37.2 Å².